The van der Waals surface area contributed by atoms with Crippen LogP contribution in [0.2, 0.25) is 5.02 Å². The fourth-order valence-corrected chi connectivity index (χ4v) is 4.93. The predicted molar refractivity (Wildman–Crippen MR) is 70.9 cm³/mol. The van der Waals surface area contributed by atoms with E-state index in [1.54, 1.807) is 18.2 Å². The van der Waals surface area contributed by atoms with E-state index in [0.29, 0.717) is 21.5 Å². The molecule has 17 heavy (non-hydrogen) atoms. The maximum atomic E-state index is 11.4. The highest BCUT2D eigenvalue weighted by molar-refractivity contribution is 9.10. The second kappa shape index (κ2) is 4.88. The van der Waals surface area contributed by atoms with Gasteiger partial charge in [0.05, 0.1) is 17.6 Å². The molecular formula is C11H12BrClO3S. The van der Waals surface area contributed by atoms with Crippen LogP contribution in [-0.2, 0) is 9.84 Å². The Morgan fingerprint density at radius 2 is 2.18 bits per heavy atom. The lowest BCUT2D eigenvalue weighted by atomic mass is 9.95. The Bertz CT molecular complexity index is 509. The van der Waals surface area contributed by atoms with Crippen molar-refractivity contribution in [2.24, 2.45) is 5.92 Å². The molecule has 3 nitrogen and oxygen atoms in total. The normalized spacial score (nSPS) is 24.8. The molecule has 1 N–H and O–H groups in total. The Morgan fingerprint density at radius 1 is 1.47 bits per heavy atom. The number of halogens is 2. The molecule has 1 fully saturated rings. The fourth-order valence-electron chi connectivity index (χ4n) is 2.10. The molecule has 0 amide bonds. The number of aliphatic hydroxyl groups excluding tert-OH is 1. The summed E-state index contributed by atoms with van der Waals surface area (Å²) in [5.74, 6) is -0.0842. The van der Waals surface area contributed by atoms with Crippen molar-refractivity contribution >= 4 is 37.4 Å². The molecular weight excluding hydrogens is 328 g/mol. The Hall–Kier alpha value is -0.100. The minimum Gasteiger partial charge on any atom is -0.388 e. The van der Waals surface area contributed by atoms with E-state index in [1.165, 1.54) is 0 Å². The monoisotopic (exact) mass is 338 g/mol. The summed E-state index contributed by atoms with van der Waals surface area (Å²) in [6.07, 6.45) is -0.350. The molecule has 1 saturated heterocycles. The van der Waals surface area contributed by atoms with Crippen LogP contribution in [0.25, 0.3) is 0 Å². The summed E-state index contributed by atoms with van der Waals surface area (Å²) in [6, 6.07) is 5.25. The van der Waals surface area contributed by atoms with Crippen molar-refractivity contribution in [1.82, 2.24) is 0 Å². The van der Waals surface area contributed by atoms with Crippen molar-refractivity contribution in [1.29, 1.82) is 0 Å². The molecule has 0 saturated carbocycles. The van der Waals surface area contributed by atoms with Gasteiger partial charge in [0.2, 0.25) is 0 Å². The van der Waals surface area contributed by atoms with Crippen molar-refractivity contribution in [3.63, 3.8) is 0 Å². The Kier molecular flexibility index (Phi) is 3.83. The Labute approximate surface area is 114 Å². The highest BCUT2D eigenvalue weighted by Crippen LogP contribution is 2.38. The number of sulfone groups is 1. The average molecular weight is 340 g/mol. The van der Waals surface area contributed by atoms with Crippen molar-refractivity contribution < 1.29 is 13.5 Å². The molecule has 2 unspecified atom stereocenters. The third-order valence-corrected chi connectivity index (χ3v) is 5.82. The second-order valence-electron chi connectivity index (χ2n) is 4.24. The second-order valence-corrected chi connectivity index (χ2v) is 7.73. The van der Waals surface area contributed by atoms with Crippen LogP contribution in [0.4, 0.5) is 0 Å². The highest BCUT2D eigenvalue weighted by atomic mass is 79.9. The van der Waals surface area contributed by atoms with Gasteiger partial charge in [0.1, 0.15) is 0 Å². The van der Waals surface area contributed by atoms with E-state index in [2.05, 4.69) is 15.9 Å². The molecule has 0 spiro atoms. The Morgan fingerprint density at radius 3 is 2.71 bits per heavy atom. The minimum atomic E-state index is -2.99. The summed E-state index contributed by atoms with van der Waals surface area (Å²) in [6.45, 7) is 0. The minimum absolute atomic E-state index is 0.0336. The van der Waals surface area contributed by atoms with Gasteiger partial charge in [-0.3, -0.25) is 0 Å². The van der Waals surface area contributed by atoms with Gasteiger partial charge >= 0.3 is 0 Å². The molecule has 2 rings (SSSR count). The fraction of sp³-hybridized carbons (Fsp3) is 0.455. The molecule has 1 heterocycles. The summed E-state index contributed by atoms with van der Waals surface area (Å²) in [7, 11) is -2.99. The zero-order valence-electron chi connectivity index (χ0n) is 8.94. The van der Waals surface area contributed by atoms with Crippen LogP contribution in [0.1, 0.15) is 18.1 Å². The van der Waals surface area contributed by atoms with Gasteiger partial charge < -0.3 is 5.11 Å². The lowest BCUT2D eigenvalue weighted by Gasteiger charge is -2.19. The van der Waals surface area contributed by atoms with Crippen LogP contribution in [0.15, 0.2) is 22.7 Å². The zero-order valence-corrected chi connectivity index (χ0v) is 12.1. The summed E-state index contributed by atoms with van der Waals surface area (Å²) < 4.78 is 23.5. The maximum absolute atomic E-state index is 11.4. The third kappa shape index (κ3) is 2.84. The summed E-state index contributed by atoms with van der Waals surface area (Å²) >= 11 is 9.36. The third-order valence-electron chi connectivity index (χ3n) is 3.01. The van der Waals surface area contributed by atoms with Gasteiger partial charge in [-0.1, -0.05) is 33.6 Å². The number of benzene rings is 1. The van der Waals surface area contributed by atoms with E-state index in [9.17, 15) is 13.5 Å². The molecule has 0 bridgehead atoms. The highest BCUT2D eigenvalue weighted by Gasteiger charge is 2.34. The van der Waals surface area contributed by atoms with E-state index in [0.717, 1.165) is 0 Å². The number of hydrogen-bond donors (Lipinski definition) is 1. The van der Waals surface area contributed by atoms with Gasteiger partial charge in [0, 0.05) is 21.0 Å². The molecule has 94 valence electrons. The Balaban J connectivity index is 2.29. The molecule has 1 aromatic carbocycles. The van der Waals surface area contributed by atoms with Gasteiger partial charge in [0.15, 0.2) is 9.84 Å². The van der Waals surface area contributed by atoms with Crippen LogP contribution >= 0.6 is 27.5 Å². The van der Waals surface area contributed by atoms with E-state index < -0.39 is 15.9 Å². The maximum Gasteiger partial charge on any atom is 0.150 e. The average Bonchev–Trinajstić information content (AvgIpc) is 2.58. The van der Waals surface area contributed by atoms with Crippen molar-refractivity contribution in [2.45, 2.75) is 12.5 Å². The molecule has 0 radical (unpaired) electrons. The van der Waals surface area contributed by atoms with Crippen molar-refractivity contribution in [3.05, 3.63) is 33.3 Å². The van der Waals surface area contributed by atoms with Crippen molar-refractivity contribution in [2.75, 3.05) is 11.5 Å². The summed E-state index contributed by atoms with van der Waals surface area (Å²) in [5.41, 5.74) is 0.580. The standard InChI is InChI=1S/C11H12BrClO3S/c12-8-2-1-3-9(13)10(8)11(14)7-4-5-17(15,16)6-7/h1-3,7,11,14H,4-6H2. The smallest absolute Gasteiger partial charge is 0.150 e. The topological polar surface area (TPSA) is 54.4 Å². The molecule has 1 aliphatic heterocycles. The predicted octanol–water partition coefficient (Wildman–Crippen LogP) is 2.57. The lowest BCUT2D eigenvalue weighted by molar-refractivity contribution is 0.120. The van der Waals surface area contributed by atoms with Crippen LogP contribution < -0.4 is 0 Å². The number of rotatable bonds is 2. The van der Waals surface area contributed by atoms with Crippen molar-refractivity contribution in [3.8, 4) is 0 Å². The summed E-state index contributed by atoms with van der Waals surface area (Å²) in [4.78, 5) is 0. The van der Waals surface area contributed by atoms with Crippen LogP contribution in [0.3, 0.4) is 0 Å². The van der Waals surface area contributed by atoms with Gasteiger partial charge in [-0.2, -0.15) is 0 Å². The molecule has 1 aliphatic rings. The first kappa shape index (κ1) is 13.3. The first-order valence-corrected chi connectivity index (χ1v) is 8.22. The molecule has 1 aromatic rings. The molecule has 0 aromatic heterocycles. The molecule has 6 heteroatoms. The van der Waals surface area contributed by atoms with Crippen LogP contribution in [0.5, 0.6) is 0 Å². The summed E-state index contributed by atoms with van der Waals surface area (Å²) in [5, 5.41) is 10.7. The largest absolute Gasteiger partial charge is 0.388 e. The van der Waals surface area contributed by atoms with E-state index in [1.807, 2.05) is 0 Å². The van der Waals surface area contributed by atoms with Gasteiger partial charge in [-0.15, -0.1) is 0 Å². The quantitative estimate of drug-likeness (QED) is 0.901. The first-order chi connectivity index (χ1) is 7.91. The van der Waals surface area contributed by atoms with Gasteiger partial charge in [-0.05, 0) is 18.6 Å². The molecule has 2 atom stereocenters. The van der Waals surface area contributed by atoms with Crippen LogP contribution in [0, 0.1) is 5.92 Å². The van der Waals surface area contributed by atoms with E-state index >= 15 is 0 Å². The number of hydrogen-bond acceptors (Lipinski definition) is 3. The first-order valence-electron chi connectivity index (χ1n) is 5.23. The SMILES string of the molecule is O=S1(=O)CCC(C(O)c2c(Cl)cccc2Br)C1. The van der Waals surface area contributed by atoms with E-state index in [4.69, 9.17) is 11.6 Å². The van der Waals surface area contributed by atoms with Gasteiger partial charge in [0.25, 0.3) is 0 Å². The zero-order chi connectivity index (χ0) is 12.6. The van der Waals surface area contributed by atoms with E-state index in [-0.39, 0.29) is 17.4 Å². The lowest BCUT2D eigenvalue weighted by Crippen LogP contribution is -2.15. The van der Waals surface area contributed by atoms with Crippen LogP contribution in [-0.4, -0.2) is 25.0 Å². The number of aliphatic hydroxyl groups is 1. The van der Waals surface area contributed by atoms with Gasteiger partial charge in [-0.25, -0.2) is 8.42 Å². The molecule has 0 aliphatic carbocycles.